The first-order valence-electron chi connectivity index (χ1n) is 9.55. The fourth-order valence-electron chi connectivity index (χ4n) is 5.47. The number of ether oxygens (including phenoxy) is 1. The minimum atomic E-state index is -0.118. The van der Waals surface area contributed by atoms with E-state index in [1.807, 2.05) is 0 Å². The zero-order valence-electron chi connectivity index (χ0n) is 14.8. The van der Waals surface area contributed by atoms with E-state index in [4.69, 9.17) is 4.74 Å². The molecule has 0 aromatic heterocycles. The van der Waals surface area contributed by atoms with Crippen LogP contribution in [0.15, 0.2) is 0 Å². The molecule has 4 heterocycles. The van der Waals surface area contributed by atoms with Crippen molar-refractivity contribution in [3.63, 3.8) is 0 Å². The molecular formula is C18H33N3O2. The van der Waals surface area contributed by atoms with Crippen LogP contribution in [0.1, 0.15) is 33.1 Å². The topological polar surface area (TPSA) is 39.2 Å². The van der Waals surface area contributed by atoms with Crippen molar-refractivity contribution in [1.82, 2.24) is 14.7 Å². The van der Waals surface area contributed by atoms with Gasteiger partial charge in [0.1, 0.15) is 0 Å². The molecule has 132 valence electrons. The van der Waals surface area contributed by atoms with Crippen LogP contribution in [0.5, 0.6) is 0 Å². The summed E-state index contributed by atoms with van der Waals surface area (Å²) in [4.78, 5) is 8.03. The maximum Gasteiger partial charge on any atom is 0.0682 e. The number of hydrogen-bond acceptors (Lipinski definition) is 5. The maximum absolute atomic E-state index is 10.2. The average Bonchev–Trinajstić information content (AvgIpc) is 2.84. The fourth-order valence-corrected chi connectivity index (χ4v) is 5.47. The van der Waals surface area contributed by atoms with E-state index in [1.54, 1.807) is 0 Å². The van der Waals surface area contributed by atoms with Crippen LogP contribution in [0.3, 0.4) is 0 Å². The quantitative estimate of drug-likeness (QED) is 0.825. The van der Waals surface area contributed by atoms with E-state index >= 15 is 0 Å². The van der Waals surface area contributed by atoms with Gasteiger partial charge in [0.2, 0.25) is 0 Å². The molecule has 4 rings (SSSR count). The van der Waals surface area contributed by atoms with Gasteiger partial charge in [-0.25, -0.2) is 0 Å². The van der Waals surface area contributed by atoms with Gasteiger partial charge in [-0.3, -0.25) is 14.7 Å². The molecule has 0 radical (unpaired) electrons. The summed E-state index contributed by atoms with van der Waals surface area (Å²) >= 11 is 0. The molecule has 0 bridgehead atoms. The molecule has 4 fully saturated rings. The molecule has 4 aliphatic rings. The summed E-state index contributed by atoms with van der Waals surface area (Å²) in [5, 5.41) is 10.2. The Morgan fingerprint density at radius 2 is 1.83 bits per heavy atom. The van der Waals surface area contributed by atoms with Gasteiger partial charge in [-0.2, -0.15) is 0 Å². The highest BCUT2D eigenvalue weighted by atomic mass is 16.5. The van der Waals surface area contributed by atoms with Crippen LogP contribution in [0.2, 0.25) is 0 Å². The monoisotopic (exact) mass is 323 g/mol. The molecule has 5 heteroatoms. The molecule has 1 N–H and O–H groups in total. The minimum Gasteiger partial charge on any atom is -0.392 e. The van der Waals surface area contributed by atoms with Crippen molar-refractivity contribution in [2.75, 3.05) is 52.5 Å². The molecule has 4 aliphatic heterocycles. The lowest BCUT2D eigenvalue weighted by molar-refractivity contribution is -0.137. The maximum atomic E-state index is 10.2. The van der Waals surface area contributed by atoms with Crippen molar-refractivity contribution in [1.29, 1.82) is 0 Å². The summed E-state index contributed by atoms with van der Waals surface area (Å²) < 4.78 is 5.52. The zero-order valence-corrected chi connectivity index (χ0v) is 14.8. The normalized spacial score (nSPS) is 36.5. The Morgan fingerprint density at radius 3 is 2.52 bits per heavy atom. The molecule has 0 aliphatic carbocycles. The smallest absolute Gasteiger partial charge is 0.0682 e. The van der Waals surface area contributed by atoms with Crippen molar-refractivity contribution in [3.05, 3.63) is 0 Å². The van der Waals surface area contributed by atoms with E-state index in [0.717, 1.165) is 44.7 Å². The van der Waals surface area contributed by atoms with Crippen molar-refractivity contribution >= 4 is 0 Å². The highest BCUT2D eigenvalue weighted by Gasteiger charge is 2.56. The van der Waals surface area contributed by atoms with Crippen LogP contribution >= 0.6 is 0 Å². The number of hydrogen-bond donors (Lipinski definition) is 1. The van der Waals surface area contributed by atoms with Crippen molar-refractivity contribution in [3.8, 4) is 0 Å². The summed E-state index contributed by atoms with van der Waals surface area (Å²) in [6, 6.07) is 1.29. The van der Waals surface area contributed by atoms with Crippen LogP contribution in [-0.4, -0.2) is 96.0 Å². The molecule has 0 unspecified atom stereocenters. The Hall–Kier alpha value is -0.200. The number of piperazine rings is 1. The molecular weight excluding hydrogens is 290 g/mol. The number of β-amino-alcohol motifs (C(OH)–C–C–N with tert-alkyl or cyclic N) is 1. The molecule has 2 atom stereocenters. The number of fused-ring (bicyclic) bond motifs is 2. The van der Waals surface area contributed by atoms with Gasteiger partial charge in [-0.05, 0) is 25.2 Å². The molecule has 0 aromatic carbocycles. The van der Waals surface area contributed by atoms with Crippen molar-refractivity contribution in [2.24, 2.45) is 5.92 Å². The van der Waals surface area contributed by atoms with Crippen LogP contribution < -0.4 is 0 Å². The lowest BCUT2D eigenvalue weighted by Crippen LogP contribution is -2.79. The second kappa shape index (κ2) is 6.26. The zero-order chi connectivity index (χ0) is 16.0. The van der Waals surface area contributed by atoms with Gasteiger partial charge >= 0.3 is 0 Å². The third-order valence-corrected chi connectivity index (χ3v) is 6.31. The van der Waals surface area contributed by atoms with E-state index < -0.39 is 0 Å². The molecule has 23 heavy (non-hydrogen) atoms. The summed E-state index contributed by atoms with van der Waals surface area (Å²) in [7, 11) is 0. The fraction of sp³-hybridized carbons (Fsp3) is 1.00. The predicted molar refractivity (Wildman–Crippen MR) is 90.5 cm³/mol. The summed E-state index contributed by atoms with van der Waals surface area (Å²) in [6.45, 7) is 13.3. The Balaban J connectivity index is 1.45. The summed E-state index contributed by atoms with van der Waals surface area (Å²) in [6.07, 6.45) is 3.23. The van der Waals surface area contributed by atoms with E-state index in [2.05, 4.69) is 28.5 Å². The standard InChI is InChI=1S/C18H33N3O2/c1-14(2)8-19-9-16-7-17(22)10-21(16)18(11-19)12-20(13-18)15-3-5-23-6-4-15/h14-17,22H,3-13H2,1-2H3/t16-,17+/m0/s1. The predicted octanol–water partition coefficient (Wildman–Crippen LogP) is 0.627. The SMILES string of the molecule is CC(C)CN1C[C@@H]2C[C@@H](O)CN2C2(C1)CN(C1CCOCC1)C2. The van der Waals surface area contributed by atoms with Crippen LogP contribution in [0, 0.1) is 5.92 Å². The minimum absolute atomic E-state index is 0.118. The van der Waals surface area contributed by atoms with E-state index in [1.165, 1.54) is 39.0 Å². The second-order valence-corrected chi connectivity index (χ2v) is 8.76. The Labute approximate surface area is 140 Å². The Morgan fingerprint density at radius 1 is 1.09 bits per heavy atom. The first-order chi connectivity index (χ1) is 11.1. The van der Waals surface area contributed by atoms with Gasteiger partial charge in [0.15, 0.2) is 0 Å². The van der Waals surface area contributed by atoms with Gasteiger partial charge in [0.05, 0.1) is 11.6 Å². The molecule has 5 nitrogen and oxygen atoms in total. The largest absolute Gasteiger partial charge is 0.392 e. The van der Waals surface area contributed by atoms with Crippen LogP contribution in [0.25, 0.3) is 0 Å². The van der Waals surface area contributed by atoms with Gasteiger partial charge in [-0.1, -0.05) is 13.8 Å². The summed E-state index contributed by atoms with van der Waals surface area (Å²) in [5.74, 6) is 0.719. The van der Waals surface area contributed by atoms with E-state index in [0.29, 0.717) is 11.6 Å². The number of rotatable bonds is 3. The molecule has 0 aromatic rings. The highest BCUT2D eigenvalue weighted by Crippen LogP contribution is 2.40. The van der Waals surface area contributed by atoms with Gasteiger partial charge < -0.3 is 9.84 Å². The number of aliphatic hydroxyl groups is 1. The van der Waals surface area contributed by atoms with Crippen LogP contribution in [0.4, 0.5) is 0 Å². The van der Waals surface area contributed by atoms with Crippen molar-refractivity contribution in [2.45, 2.75) is 56.8 Å². The van der Waals surface area contributed by atoms with Crippen LogP contribution in [-0.2, 0) is 4.74 Å². The Bertz CT molecular complexity index is 418. The highest BCUT2D eigenvalue weighted by molar-refractivity contribution is 5.14. The molecule has 0 amide bonds. The average molecular weight is 323 g/mol. The molecule has 1 spiro atoms. The summed E-state index contributed by atoms with van der Waals surface area (Å²) in [5.41, 5.74) is 0.299. The molecule has 4 saturated heterocycles. The van der Waals surface area contributed by atoms with Gasteiger partial charge in [-0.15, -0.1) is 0 Å². The third-order valence-electron chi connectivity index (χ3n) is 6.31. The number of nitrogens with zero attached hydrogens (tertiary/aromatic N) is 3. The lowest BCUT2D eigenvalue weighted by atomic mass is 9.81. The third kappa shape index (κ3) is 3.07. The van der Waals surface area contributed by atoms with E-state index in [-0.39, 0.29) is 6.10 Å². The van der Waals surface area contributed by atoms with Gasteiger partial charge in [0, 0.05) is 64.6 Å². The second-order valence-electron chi connectivity index (χ2n) is 8.76. The number of aliphatic hydroxyl groups excluding tert-OH is 1. The van der Waals surface area contributed by atoms with E-state index in [9.17, 15) is 5.11 Å². The lowest BCUT2D eigenvalue weighted by Gasteiger charge is -2.63. The Kier molecular flexibility index (Phi) is 4.43. The first kappa shape index (κ1) is 16.3. The van der Waals surface area contributed by atoms with Gasteiger partial charge in [0.25, 0.3) is 0 Å². The number of likely N-dealkylation sites (tertiary alicyclic amines) is 1. The molecule has 0 saturated carbocycles. The van der Waals surface area contributed by atoms with Crippen molar-refractivity contribution < 1.29 is 9.84 Å². The first-order valence-corrected chi connectivity index (χ1v) is 9.55.